The molecule has 0 aliphatic rings. The molecule has 3 heterocycles. The second-order valence-corrected chi connectivity index (χ2v) is 6.03. The van der Waals surface area contributed by atoms with E-state index in [1.807, 2.05) is 35.1 Å². The lowest BCUT2D eigenvalue weighted by Gasteiger charge is -2.04. The highest BCUT2D eigenvalue weighted by Crippen LogP contribution is 2.24. The summed E-state index contributed by atoms with van der Waals surface area (Å²) in [6.07, 6.45) is 10.5. The van der Waals surface area contributed by atoms with E-state index < -0.39 is 0 Å². The first kappa shape index (κ1) is 15.5. The highest BCUT2D eigenvalue weighted by molar-refractivity contribution is 6.30. The standard InChI is InChI=1S/C18H15ClN6/c19-17-11-22-25(12-17)7-6-24-5-4-18(23-24)15-3-1-2-14(8-15)16-9-20-13-21-10-16/h1-5,8-13H,6-7H2. The molecule has 0 fully saturated rings. The molecule has 0 atom stereocenters. The van der Waals surface area contributed by atoms with Gasteiger partial charge in [-0.25, -0.2) is 9.97 Å². The van der Waals surface area contributed by atoms with Crippen molar-refractivity contribution < 1.29 is 0 Å². The van der Waals surface area contributed by atoms with Gasteiger partial charge in [0.1, 0.15) is 6.33 Å². The van der Waals surface area contributed by atoms with Gasteiger partial charge >= 0.3 is 0 Å². The molecule has 4 rings (SSSR count). The van der Waals surface area contributed by atoms with Crippen LogP contribution in [0.25, 0.3) is 22.4 Å². The molecule has 0 saturated carbocycles. The molecular weight excluding hydrogens is 336 g/mol. The molecule has 0 radical (unpaired) electrons. The fourth-order valence-electron chi connectivity index (χ4n) is 2.61. The zero-order chi connectivity index (χ0) is 17.1. The molecule has 124 valence electrons. The molecule has 1 aromatic carbocycles. The van der Waals surface area contributed by atoms with E-state index in [2.05, 4.69) is 26.2 Å². The molecule has 0 spiro atoms. The molecule has 25 heavy (non-hydrogen) atoms. The van der Waals surface area contributed by atoms with Crippen molar-refractivity contribution in [2.24, 2.45) is 0 Å². The molecule has 0 saturated heterocycles. The van der Waals surface area contributed by atoms with Gasteiger partial charge in [-0.15, -0.1) is 0 Å². The third-order valence-electron chi connectivity index (χ3n) is 3.85. The van der Waals surface area contributed by atoms with E-state index in [0.717, 1.165) is 35.5 Å². The van der Waals surface area contributed by atoms with Crippen LogP contribution in [0.15, 0.2) is 67.6 Å². The Kier molecular flexibility index (Phi) is 4.26. The molecule has 0 aliphatic carbocycles. The van der Waals surface area contributed by atoms with Crippen molar-refractivity contribution in [1.82, 2.24) is 29.5 Å². The molecule has 0 aliphatic heterocycles. The van der Waals surface area contributed by atoms with Crippen LogP contribution in [0, 0.1) is 0 Å². The van der Waals surface area contributed by atoms with Gasteiger partial charge in [0, 0.05) is 35.9 Å². The summed E-state index contributed by atoms with van der Waals surface area (Å²) < 4.78 is 3.71. The Morgan fingerprint density at radius 2 is 1.68 bits per heavy atom. The Hall–Kier alpha value is -2.99. The van der Waals surface area contributed by atoms with Crippen molar-refractivity contribution in [2.75, 3.05) is 0 Å². The molecule has 7 heteroatoms. The third kappa shape index (κ3) is 3.59. The van der Waals surface area contributed by atoms with Crippen LogP contribution < -0.4 is 0 Å². The Balaban J connectivity index is 1.52. The summed E-state index contributed by atoms with van der Waals surface area (Å²) in [6, 6.07) is 10.2. The van der Waals surface area contributed by atoms with Crippen molar-refractivity contribution in [3.8, 4) is 22.4 Å². The highest BCUT2D eigenvalue weighted by Gasteiger charge is 2.05. The maximum atomic E-state index is 5.88. The summed E-state index contributed by atoms with van der Waals surface area (Å²) in [6.45, 7) is 1.44. The van der Waals surface area contributed by atoms with Crippen LogP contribution in [0.5, 0.6) is 0 Å². The van der Waals surface area contributed by atoms with Crippen molar-refractivity contribution in [3.63, 3.8) is 0 Å². The lowest BCUT2D eigenvalue weighted by Crippen LogP contribution is -2.08. The van der Waals surface area contributed by atoms with Crippen LogP contribution in [0.4, 0.5) is 0 Å². The Bertz CT molecular complexity index is 976. The van der Waals surface area contributed by atoms with Crippen LogP contribution >= 0.6 is 11.6 Å². The van der Waals surface area contributed by atoms with Crippen molar-refractivity contribution in [1.29, 1.82) is 0 Å². The van der Waals surface area contributed by atoms with Gasteiger partial charge in [0.2, 0.25) is 0 Å². The summed E-state index contributed by atoms with van der Waals surface area (Å²) >= 11 is 5.88. The molecule has 0 unspecified atom stereocenters. The largest absolute Gasteiger partial charge is 0.270 e. The first-order valence-electron chi connectivity index (χ1n) is 7.85. The van der Waals surface area contributed by atoms with Gasteiger partial charge in [-0.1, -0.05) is 29.8 Å². The minimum atomic E-state index is 0.642. The minimum absolute atomic E-state index is 0.642. The van der Waals surface area contributed by atoms with E-state index in [-0.39, 0.29) is 0 Å². The smallest absolute Gasteiger partial charge is 0.115 e. The number of nitrogens with zero attached hydrogens (tertiary/aromatic N) is 6. The van der Waals surface area contributed by atoms with Gasteiger partial charge in [-0.3, -0.25) is 9.36 Å². The molecule has 6 nitrogen and oxygen atoms in total. The van der Waals surface area contributed by atoms with Gasteiger partial charge in [0.05, 0.1) is 30.0 Å². The van der Waals surface area contributed by atoms with Crippen LogP contribution in [0.3, 0.4) is 0 Å². The van der Waals surface area contributed by atoms with Crippen molar-refractivity contribution >= 4 is 11.6 Å². The molecule has 0 N–H and O–H groups in total. The first-order chi connectivity index (χ1) is 12.3. The summed E-state index contributed by atoms with van der Waals surface area (Å²) in [5.41, 5.74) is 4.04. The second kappa shape index (κ2) is 6.86. The van der Waals surface area contributed by atoms with E-state index >= 15 is 0 Å². The van der Waals surface area contributed by atoms with Crippen LogP contribution in [0.2, 0.25) is 5.02 Å². The lowest BCUT2D eigenvalue weighted by molar-refractivity contribution is 0.501. The maximum absolute atomic E-state index is 5.88. The normalized spacial score (nSPS) is 10.9. The average molecular weight is 351 g/mol. The lowest BCUT2D eigenvalue weighted by atomic mass is 10.0. The Morgan fingerprint density at radius 3 is 2.48 bits per heavy atom. The fraction of sp³-hybridized carbons (Fsp3) is 0.111. The van der Waals surface area contributed by atoms with E-state index in [0.29, 0.717) is 5.02 Å². The first-order valence-corrected chi connectivity index (χ1v) is 8.23. The number of aromatic nitrogens is 6. The SMILES string of the molecule is Clc1cnn(CCn2ccc(-c3cccc(-c4cncnc4)c3)n2)c1. The summed E-state index contributed by atoms with van der Waals surface area (Å²) in [7, 11) is 0. The molecular formula is C18H15ClN6. The van der Waals surface area contributed by atoms with Gasteiger partial charge in [0.15, 0.2) is 0 Å². The Labute approximate surface area is 149 Å². The predicted octanol–water partition coefficient (Wildman–Crippen LogP) is 3.56. The zero-order valence-electron chi connectivity index (χ0n) is 13.3. The Morgan fingerprint density at radius 1 is 0.880 bits per heavy atom. The molecule has 0 amide bonds. The number of rotatable bonds is 5. The fourth-order valence-corrected chi connectivity index (χ4v) is 2.77. The second-order valence-electron chi connectivity index (χ2n) is 5.59. The van der Waals surface area contributed by atoms with Gasteiger partial charge < -0.3 is 0 Å². The number of aryl methyl sites for hydroxylation is 2. The number of hydrogen-bond acceptors (Lipinski definition) is 4. The monoisotopic (exact) mass is 350 g/mol. The quantitative estimate of drug-likeness (QED) is 0.552. The van der Waals surface area contributed by atoms with Crippen LogP contribution in [0.1, 0.15) is 0 Å². The molecule has 3 aromatic heterocycles. The number of halogens is 1. The molecule has 4 aromatic rings. The van der Waals surface area contributed by atoms with Gasteiger partial charge in [-0.2, -0.15) is 10.2 Å². The van der Waals surface area contributed by atoms with E-state index in [4.69, 9.17) is 11.6 Å². The average Bonchev–Trinajstić information content (AvgIpc) is 3.30. The van der Waals surface area contributed by atoms with E-state index in [9.17, 15) is 0 Å². The summed E-state index contributed by atoms with van der Waals surface area (Å²) in [5, 5.41) is 9.46. The number of benzene rings is 1. The maximum Gasteiger partial charge on any atom is 0.115 e. The van der Waals surface area contributed by atoms with Crippen molar-refractivity contribution in [3.05, 3.63) is 72.7 Å². The van der Waals surface area contributed by atoms with Gasteiger partial charge in [-0.05, 0) is 17.7 Å². The summed E-state index contributed by atoms with van der Waals surface area (Å²) in [5.74, 6) is 0. The van der Waals surface area contributed by atoms with E-state index in [1.54, 1.807) is 29.5 Å². The topological polar surface area (TPSA) is 61.4 Å². The summed E-state index contributed by atoms with van der Waals surface area (Å²) in [4.78, 5) is 8.15. The van der Waals surface area contributed by atoms with Crippen molar-refractivity contribution in [2.45, 2.75) is 13.1 Å². The minimum Gasteiger partial charge on any atom is -0.270 e. The van der Waals surface area contributed by atoms with E-state index in [1.165, 1.54) is 6.33 Å². The number of hydrogen-bond donors (Lipinski definition) is 0. The van der Waals surface area contributed by atoms with Gasteiger partial charge in [0.25, 0.3) is 0 Å². The van der Waals surface area contributed by atoms with Crippen LogP contribution in [-0.4, -0.2) is 29.5 Å². The zero-order valence-corrected chi connectivity index (χ0v) is 14.1. The van der Waals surface area contributed by atoms with Crippen LogP contribution in [-0.2, 0) is 13.1 Å². The highest BCUT2D eigenvalue weighted by atomic mass is 35.5. The molecule has 0 bridgehead atoms. The third-order valence-corrected chi connectivity index (χ3v) is 4.05. The predicted molar refractivity (Wildman–Crippen MR) is 95.9 cm³/mol.